The molecule has 0 bridgehead atoms. The summed E-state index contributed by atoms with van der Waals surface area (Å²) in [5.74, 6) is 1.78. The fraction of sp³-hybridized carbons (Fsp3) is 0.421. The van der Waals surface area contributed by atoms with Crippen LogP contribution in [0.15, 0.2) is 52.5 Å². The van der Waals surface area contributed by atoms with Gasteiger partial charge >= 0.3 is 0 Å². The van der Waals surface area contributed by atoms with Crippen LogP contribution >= 0.6 is 11.8 Å². The summed E-state index contributed by atoms with van der Waals surface area (Å²) < 4.78 is 32.1. The van der Waals surface area contributed by atoms with Crippen molar-refractivity contribution in [2.45, 2.75) is 37.1 Å². The highest BCUT2D eigenvalue weighted by Crippen LogP contribution is 2.21. The molecule has 0 fully saturated rings. The highest BCUT2D eigenvalue weighted by atomic mass is 32.2. The topological polar surface area (TPSA) is 59.5 Å². The van der Waals surface area contributed by atoms with Gasteiger partial charge in [-0.3, -0.25) is 0 Å². The average Bonchev–Trinajstić information content (AvgIpc) is 2.64. The Labute approximate surface area is 160 Å². The van der Waals surface area contributed by atoms with Crippen LogP contribution < -0.4 is 4.74 Å². The molecule has 0 saturated carbocycles. The molecular weight excluding hydrogens is 368 g/mol. The summed E-state index contributed by atoms with van der Waals surface area (Å²) in [5.41, 5.74) is 1.13. The molecule has 0 spiro atoms. The van der Waals surface area contributed by atoms with E-state index in [1.54, 1.807) is 23.9 Å². The maximum absolute atomic E-state index is 12.4. The van der Waals surface area contributed by atoms with Crippen molar-refractivity contribution in [1.82, 2.24) is 9.29 Å². The lowest BCUT2D eigenvalue weighted by molar-refractivity contribution is 0.316. The van der Waals surface area contributed by atoms with Crippen molar-refractivity contribution < 1.29 is 13.2 Å². The Bertz CT molecular complexity index is 789. The molecule has 0 saturated heterocycles. The number of pyridine rings is 1. The third-order valence-corrected chi connectivity index (χ3v) is 7.01. The molecule has 1 aromatic heterocycles. The Kier molecular flexibility index (Phi) is 7.93. The van der Waals surface area contributed by atoms with E-state index in [1.165, 1.54) is 10.5 Å². The first-order valence-corrected chi connectivity index (χ1v) is 11.2. The Morgan fingerprint density at radius 1 is 1.12 bits per heavy atom. The van der Waals surface area contributed by atoms with E-state index in [1.807, 2.05) is 45.0 Å². The summed E-state index contributed by atoms with van der Waals surface area (Å²) in [6.07, 6.45) is 2.33. The molecule has 7 heteroatoms. The highest BCUT2D eigenvalue weighted by molar-refractivity contribution is 7.99. The van der Waals surface area contributed by atoms with E-state index in [2.05, 4.69) is 4.98 Å². The van der Waals surface area contributed by atoms with Crippen molar-refractivity contribution in [3.63, 3.8) is 0 Å². The molecule has 0 N–H and O–H groups in total. The molecule has 0 aliphatic rings. The standard InChI is InChI=1S/C19H26N2O3S2/c1-4-21(5-2)26(22,23)17-11-12-19(20-15-17)25-14-8-13-24-18-10-7-6-9-16(18)3/h6-7,9-12,15H,4-5,8,13-14H2,1-3H3. The maximum atomic E-state index is 12.4. The Hall–Kier alpha value is -1.57. The summed E-state index contributed by atoms with van der Waals surface area (Å²) in [6.45, 7) is 7.25. The van der Waals surface area contributed by atoms with Gasteiger partial charge in [-0.25, -0.2) is 13.4 Å². The van der Waals surface area contributed by atoms with Crippen LogP contribution in [-0.2, 0) is 10.0 Å². The van der Waals surface area contributed by atoms with Crippen LogP contribution in [-0.4, -0.2) is 43.2 Å². The van der Waals surface area contributed by atoms with Gasteiger partial charge in [0, 0.05) is 25.0 Å². The van der Waals surface area contributed by atoms with E-state index in [0.29, 0.717) is 19.7 Å². The minimum atomic E-state index is -3.44. The highest BCUT2D eigenvalue weighted by Gasteiger charge is 2.21. The summed E-state index contributed by atoms with van der Waals surface area (Å²) in [4.78, 5) is 4.53. The number of nitrogens with zero attached hydrogens (tertiary/aromatic N) is 2. The Balaban J connectivity index is 1.81. The summed E-state index contributed by atoms with van der Waals surface area (Å²) in [6, 6.07) is 11.4. The lowest BCUT2D eigenvalue weighted by Crippen LogP contribution is -2.30. The normalized spacial score (nSPS) is 11.7. The van der Waals surface area contributed by atoms with Gasteiger partial charge in [-0.05, 0) is 37.1 Å². The van der Waals surface area contributed by atoms with Crippen LogP contribution in [0, 0.1) is 6.92 Å². The number of thioether (sulfide) groups is 1. The smallest absolute Gasteiger partial charge is 0.244 e. The van der Waals surface area contributed by atoms with Crippen molar-refractivity contribution in [1.29, 1.82) is 0 Å². The van der Waals surface area contributed by atoms with Crippen LogP contribution in [0.1, 0.15) is 25.8 Å². The summed E-state index contributed by atoms with van der Waals surface area (Å²) in [5, 5.41) is 0.819. The monoisotopic (exact) mass is 394 g/mol. The number of ether oxygens (including phenoxy) is 1. The molecule has 0 amide bonds. The number of hydrogen-bond acceptors (Lipinski definition) is 5. The largest absolute Gasteiger partial charge is 0.493 e. The Morgan fingerprint density at radius 3 is 2.46 bits per heavy atom. The molecule has 2 rings (SSSR count). The predicted molar refractivity (Wildman–Crippen MR) is 106 cm³/mol. The van der Waals surface area contributed by atoms with Crippen molar-refractivity contribution in [3.8, 4) is 5.75 Å². The van der Waals surface area contributed by atoms with E-state index < -0.39 is 10.0 Å². The maximum Gasteiger partial charge on any atom is 0.244 e. The number of aryl methyl sites for hydroxylation is 1. The van der Waals surface area contributed by atoms with Gasteiger partial charge in [0.2, 0.25) is 10.0 Å². The van der Waals surface area contributed by atoms with Gasteiger partial charge in [-0.1, -0.05) is 32.0 Å². The van der Waals surface area contributed by atoms with Crippen molar-refractivity contribution in [2.75, 3.05) is 25.4 Å². The van der Waals surface area contributed by atoms with Gasteiger partial charge in [0.25, 0.3) is 0 Å². The number of hydrogen-bond donors (Lipinski definition) is 0. The quantitative estimate of drug-likeness (QED) is 0.451. The second-order valence-electron chi connectivity index (χ2n) is 5.74. The first-order valence-electron chi connectivity index (χ1n) is 8.76. The SMILES string of the molecule is CCN(CC)S(=O)(=O)c1ccc(SCCCOc2ccccc2C)nc1. The van der Waals surface area contributed by atoms with E-state index in [4.69, 9.17) is 4.74 Å². The molecule has 0 aliphatic heterocycles. The van der Waals surface area contributed by atoms with E-state index in [0.717, 1.165) is 28.5 Å². The van der Waals surface area contributed by atoms with Crippen LogP contribution in [0.2, 0.25) is 0 Å². The lowest BCUT2D eigenvalue weighted by Gasteiger charge is -2.18. The number of rotatable bonds is 10. The third kappa shape index (κ3) is 5.46. The first-order chi connectivity index (χ1) is 12.5. The van der Waals surface area contributed by atoms with Crippen LogP contribution in [0.4, 0.5) is 0 Å². The van der Waals surface area contributed by atoms with E-state index >= 15 is 0 Å². The zero-order chi connectivity index (χ0) is 19.0. The van der Waals surface area contributed by atoms with Crippen molar-refractivity contribution in [3.05, 3.63) is 48.2 Å². The number of benzene rings is 1. The second kappa shape index (κ2) is 9.94. The lowest BCUT2D eigenvalue weighted by atomic mass is 10.2. The second-order valence-corrected chi connectivity index (χ2v) is 8.79. The molecule has 26 heavy (non-hydrogen) atoms. The molecule has 1 aromatic carbocycles. The van der Waals surface area contributed by atoms with E-state index in [9.17, 15) is 8.42 Å². The molecule has 0 atom stereocenters. The molecule has 0 unspecified atom stereocenters. The minimum absolute atomic E-state index is 0.244. The molecule has 0 aliphatic carbocycles. The van der Waals surface area contributed by atoms with Gasteiger partial charge in [-0.15, -0.1) is 11.8 Å². The van der Waals surface area contributed by atoms with Gasteiger partial charge < -0.3 is 4.74 Å². The Morgan fingerprint density at radius 2 is 1.85 bits per heavy atom. The molecular formula is C19H26N2O3S2. The zero-order valence-corrected chi connectivity index (χ0v) is 17.1. The van der Waals surface area contributed by atoms with Gasteiger partial charge in [0.05, 0.1) is 11.6 Å². The molecule has 1 heterocycles. The molecule has 142 valence electrons. The predicted octanol–water partition coefficient (Wildman–Crippen LogP) is 3.98. The van der Waals surface area contributed by atoms with Gasteiger partial charge in [0.1, 0.15) is 10.6 Å². The molecule has 2 aromatic rings. The van der Waals surface area contributed by atoms with Crippen molar-refractivity contribution >= 4 is 21.8 Å². The van der Waals surface area contributed by atoms with Crippen molar-refractivity contribution in [2.24, 2.45) is 0 Å². The third-order valence-electron chi connectivity index (χ3n) is 3.94. The van der Waals surface area contributed by atoms with Gasteiger partial charge in [-0.2, -0.15) is 4.31 Å². The summed E-state index contributed by atoms with van der Waals surface area (Å²) >= 11 is 1.60. The zero-order valence-electron chi connectivity index (χ0n) is 15.5. The number of sulfonamides is 1. The minimum Gasteiger partial charge on any atom is -0.493 e. The molecule has 0 radical (unpaired) electrons. The van der Waals surface area contributed by atoms with Crippen LogP contribution in [0.25, 0.3) is 0 Å². The van der Waals surface area contributed by atoms with Crippen LogP contribution in [0.3, 0.4) is 0 Å². The number of para-hydroxylation sites is 1. The first kappa shape index (κ1) is 20.7. The fourth-order valence-electron chi connectivity index (χ4n) is 2.45. The van der Waals surface area contributed by atoms with Gasteiger partial charge in [0.15, 0.2) is 0 Å². The molecule has 5 nitrogen and oxygen atoms in total. The summed E-state index contributed by atoms with van der Waals surface area (Å²) in [7, 11) is -3.44. The van der Waals surface area contributed by atoms with Crippen LogP contribution in [0.5, 0.6) is 5.75 Å². The average molecular weight is 395 g/mol. The number of aromatic nitrogens is 1. The fourth-order valence-corrected chi connectivity index (χ4v) is 4.62. The van der Waals surface area contributed by atoms with E-state index in [-0.39, 0.29) is 4.90 Å².